The molecule has 0 saturated carbocycles. The number of hydrogen-bond donors (Lipinski definition) is 0. The lowest BCUT2D eigenvalue weighted by Gasteiger charge is -1.91. The van der Waals surface area contributed by atoms with Crippen molar-refractivity contribution in [3.63, 3.8) is 0 Å². The van der Waals surface area contributed by atoms with Crippen molar-refractivity contribution in [2.24, 2.45) is 4.99 Å². The van der Waals surface area contributed by atoms with E-state index in [1.807, 2.05) is 6.92 Å². The summed E-state index contributed by atoms with van der Waals surface area (Å²) in [6.07, 6.45) is 0. The molecule has 0 radical (unpaired) electrons. The van der Waals surface area contributed by atoms with Gasteiger partial charge in [-0.3, -0.25) is 4.99 Å². The quantitative estimate of drug-likeness (QED) is 0.390. The summed E-state index contributed by atoms with van der Waals surface area (Å²) in [5, 5.41) is 0. The van der Waals surface area contributed by atoms with Crippen LogP contribution in [0.4, 0.5) is 0 Å². The SMILES string of the molecule is C=C(C)SC(I)=NC. The average molecular weight is 241 g/mol. The Morgan fingerprint density at radius 1 is 1.75 bits per heavy atom. The molecule has 0 rings (SSSR count). The summed E-state index contributed by atoms with van der Waals surface area (Å²) in [6.45, 7) is 5.69. The summed E-state index contributed by atoms with van der Waals surface area (Å²) in [5.74, 6) is 0. The zero-order chi connectivity index (χ0) is 6.57. The third-order valence-corrected chi connectivity index (χ3v) is 2.28. The molecule has 0 aliphatic heterocycles. The molecule has 0 atom stereocenters. The maximum Gasteiger partial charge on any atom is 0.133 e. The fourth-order valence-electron chi connectivity index (χ4n) is 0.189. The monoisotopic (exact) mass is 241 g/mol. The van der Waals surface area contributed by atoms with E-state index in [1.165, 1.54) is 0 Å². The summed E-state index contributed by atoms with van der Waals surface area (Å²) >= 11 is 3.77. The summed E-state index contributed by atoms with van der Waals surface area (Å²) in [7, 11) is 1.78. The number of hydrogen-bond acceptors (Lipinski definition) is 2. The van der Waals surface area contributed by atoms with Crippen molar-refractivity contribution in [2.75, 3.05) is 7.05 Å². The Balaban J connectivity index is 3.56. The van der Waals surface area contributed by atoms with Gasteiger partial charge in [-0.15, -0.1) is 0 Å². The predicted octanol–water partition coefficient (Wildman–Crippen LogP) is 2.67. The Morgan fingerprint density at radius 3 is 2.38 bits per heavy atom. The van der Waals surface area contributed by atoms with E-state index in [9.17, 15) is 0 Å². The molecule has 0 amide bonds. The molecule has 0 saturated heterocycles. The van der Waals surface area contributed by atoms with Crippen LogP contribution in [0.15, 0.2) is 16.5 Å². The lowest BCUT2D eigenvalue weighted by atomic mass is 10.8. The Labute approximate surface area is 67.8 Å². The van der Waals surface area contributed by atoms with Gasteiger partial charge in [0.1, 0.15) is 3.05 Å². The molecular weight excluding hydrogens is 233 g/mol. The van der Waals surface area contributed by atoms with Crippen molar-refractivity contribution in [3.05, 3.63) is 11.5 Å². The van der Waals surface area contributed by atoms with Gasteiger partial charge >= 0.3 is 0 Å². The fraction of sp³-hybridized carbons (Fsp3) is 0.400. The number of nitrogens with zero attached hydrogens (tertiary/aromatic N) is 1. The first-order valence-electron chi connectivity index (χ1n) is 2.12. The Morgan fingerprint density at radius 2 is 2.25 bits per heavy atom. The second-order valence-electron chi connectivity index (χ2n) is 1.28. The minimum Gasteiger partial charge on any atom is -0.275 e. The van der Waals surface area contributed by atoms with E-state index in [2.05, 4.69) is 34.2 Å². The van der Waals surface area contributed by atoms with Gasteiger partial charge in [0.25, 0.3) is 0 Å². The molecule has 0 aliphatic rings. The molecule has 0 unspecified atom stereocenters. The highest BCUT2D eigenvalue weighted by molar-refractivity contribution is 14.1. The van der Waals surface area contributed by atoms with Gasteiger partial charge in [-0.2, -0.15) is 0 Å². The first-order valence-corrected chi connectivity index (χ1v) is 4.02. The van der Waals surface area contributed by atoms with Crippen LogP contribution in [0, 0.1) is 0 Å². The van der Waals surface area contributed by atoms with E-state index < -0.39 is 0 Å². The van der Waals surface area contributed by atoms with Gasteiger partial charge in [-0.25, -0.2) is 0 Å². The molecule has 46 valence electrons. The zero-order valence-corrected chi connectivity index (χ0v) is 7.91. The molecule has 0 N–H and O–H groups in total. The van der Waals surface area contributed by atoms with Gasteiger partial charge < -0.3 is 0 Å². The first-order chi connectivity index (χ1) is 3.66. The maximum absolute atomic E-state index is 3.93. The molecule has 0 bridgehead atoms. The van der Waals surface area contributed by atoms with Gasteiger partial charge in [0, 0.05) is 7.05 Å². The number of aliphatic imine (C=N–C) groups is 1. The number of thioether (sulfide) groups is 1. The summed E-state index contributed by atoms with van der Waals surface area (Å²) in [6, 6.07) is 0. The molecular formula is C5H8INS. The van der Waals surface area contributed by atoms with Crippen LogP contribution in [-0.2, 0) is 0 Å². The standard InChI is InChI=1S/C5H8INS/c1-4(2)8-5(6)7-3/h1H2,2-3H3. The number of rotatable bonds is 1. The second-order valence-corrected chi connectivity index (χ2v) is 4.32. The van der Waals surface area contributed by atoms with Crippen LogP contribution in [0.5, 0.6) is 0 Å². The predicted molar refractivity (Wildman–Crippen MR) is 49.8 cm³/mol. The van der Waals surface area contributed by atoms with Crippen LogP contribution in [0.3, 0.4) is 0 Å². The van der Waals surface area contributed by atoms with Crippen LogP contribution in [0.1, 0.15) is 6.92 Å². The average Bonchev–Trinajstić information content (AvgIpc) is 1.65. The van der Waals surface area contributed by atoms with E-state index in [1.54, 1.807) is 18.8 Å². The summed E-state index contributed by atoms with van der Waals surface area (Å²) in [4.78, 5) is 5.02. The van der Waals surface area contributed by atoms with Gasteiger partial charge in [0.2, 0.25) is 0 Å². The van der Waals surface area contributed by atoms with Crippen molar-refractivity contribution in [2.45, 2.75) is 6.92 Å². The lowest BCUT2D eigenvalue weighted by molar-refractivity contribution is 1.49. The maximum atomic E-state index is 3.93. The molecule has 1 nitrogen and oxygen atoms in total. The van der Waals surface area contributed by atoms with Gasteiger partial charge in [-0.05, 0) is 34.4 Å². The van der Waals surface area contributed by atoms with E-state index in [-0.39, 0.29) is 0 Å². The van der Waals surface area contributed by atoms with Crippen molar-refractivity contribution in [3.8, 4) is 0 Å². The molecule has 0 aromatic heterocycles. The van der Waals surface area contributed by atoms with E-state index >= 15 is 0 Å². The van der Waals surface area contributed by atoms with Crippen molar-refractivity contribution in [1.29, 1.82) is 0 Å². The van der Waals surface area contributed by atoms with Crippen molar-refractivity contribution >= 4 is 37.4 Å². The molecule has 0 aromatic carbocycles. The zero-order valence-electron chi connectivity index (χ0n) is 4.94. The van der Waals surface area contributed by atoms with E-state index in [0.717, 1.165) is 7.96 Å². The van der Waals surface area contributed by atoms with Crippen LogP contribution in [0.2, 0.25) is 0 Å². The highest BCUT2D eigenvalue weighted by Gasteiger charge is 1.89. The molecule has 3 heteroatoms. The smallest absolute Gasteiger partial charge is 0.133 e. The fourth-order valence-corrected chi connectivity index (χ4v) is 1.70. The summed E-state index contributed by atoms with van der Waals surface area (Å²) < 4.78 is 1.04. The molecule has 0 aromatic rings. The third-order valence-electron chi connectivity index (χ3n) is 0.434. The molecule has 0 heterocycles. The largest absolute Gasteiger partial charge is 0.275 e. The second kappa shape index (κ2) is 4.38. The minimum absolute atomic E-state index is 1.04. The Kier molecular flexibility index (Phi) is 4.64. The Bertz CT molecular complexity index is 120. The Hall–Kier alpha value is 0.490. The number of allylic oxidation sites excluding steroid dienone is 1. The van der Waals surface area contributed by atoms with Crippen LogP contribution in [-0.4, -0.2) is 10.1 Å². The third kappa shape index (κ3) is 4.64. The van der Waals surface area contributed by atoms with Gasteiger partial charge in [0.05, 0.1) is 0 Å². The highest BCUT2D eigenvalue weighted by atomic mass is 127. The van der Waals surface area contributed by atoms with Crippen LogP contribution < -0.4 is 0 Å². The van der Waals surface area contributed by atoms with Crippen molar-refractivity contribution in [1.82, 2.24) is 0 Å². The van der Waals surface area contributed by atoms with Gasteiger partial charge in [0.15, 0.2) is 0 Å². The minimum atomic E-state index is 1.04. The lowest BCUT2D eigenvalue weighted by Crippen LogP contribution is -1.73. The van der Waals surface area contributed by atoms with Crippen LogP contribution >= 0.6 is 34.4 Å². The normalized spacial score (nSPS) is 11.6. The highest BCUT2D eigenvalue weighted by Crippen LogP contribution is 2.17. The topological polar surface area (TPSA) is 12.4 Å². The molecule has 0 spiro atoms. The molecule has 0 fully saturated rings. The van der Waals surface area contributed by atoms with Gasteiger partial charge in [-0.1, -0.05) is 18.3 Å². The van der Waals surface area contributed by atoms with Crippen LogP contribution in [0.25, 0.3) is 0 Å². The first kappa shape index (κ1) is 8.49. The van der Waals surface area contributed by atoms with E-state index in [4.69, 9.17) is 0 Å². The van der Waals surface area contributed by atoms with E-state index in [0.29, 0.717) is 0 Å². The summed E-state index contributed by atoms with van der Waals surface area (Å²) in [5.41, 5.74) is 0. The number of halogens is 1. The van der Waals surface area contributed by atoms with Crippen molar-refractivity contribution < 1.29 is 0 Å². The molecule has 0 aliphatic carbocycles. The molecule has 8 heavy (non-hydrogen) atoms.